The number of benzene rings is 3. The molecule has 44 heavy (non-hydrogen) atoms. The van der Waals surface area contributed by atoms with Gasteiger partial charge in [0, 0.05) is 18.1 Å². The average Bonchev–Trinajstić information content (AvgIpc) is 3.24. The van der Waals surface area contributed by atoms with E-state index in [0.29, 0.717) is 5.56 Å². The zero-order valence-corrected chi connectivity index (χ0v) is 24.6. The molecule has 2 heterocycles. The van der Waals surface area contributed by atoms with Crippen molar-refractivity contribution in [2.24, 2.45) is 11.8 Å². The molecule has 0 radical (unpaired) electrons. The van der Waals surface area contributed by atoms with Crippen molar-refractivity contribution in [1.82, 2.24) is 4.90 Å². The zero-order valence-electron chi connectivity index (χ0n) is 23.7. The Morgan fingerprint density at radius 2 is 1.50 bits per heavy atom. The third-order valence-corrected chi connectivity index (χ3v) is 8.24. The molecule has 0 spiro atoms. The Bertz CT molecular complexity index is 1560. The number of carbonyl (C=O) groups excluding carboxylic acids is 2. The first-order valence-corrected chi connectivity index (χ1v) is 14.8. The third kappa shape index (κ3) is 6.59. The molecule has 0 aliphatic carbocycles. The molecule has 2 aliphatic heterocycles. The fraction of sp³-hybridized carbons (Fsp3) is 0.226. The molecule has 3 aromatic rings. The minimum absolute atomic E-state index is 0.126. The summed E-state index contributed by atoms with van der Waals surface area (Å²) in [4.78, 5) is 38.1. The second kappa shape index (κ2) is 13.5. The van der Waals surface area contributed by atoms with E-state index in [1.165, 1.54) is 36.1 Å². The van der Waals surface area contributed by atoms with Crippen molar-refractivity contribution in [3.05, 3.63) is 112 Å². The van der Waals surface area contributed by atoms with E-state index in [1.807, 2.05) is 0 Å². The lowest BCUT2D eigenvalue weighted by atomic mass is 9.79. The van der Waals surface area contributed by atoms with Gasteiger partial charge in [0.25, 0.3) is 5.69 Å². The Balaban J connectivity index is 0.00000216. The number of nitro groups is 1. The van der Waals surface area contributed by atoms with Gasteiger partial charge < -0.3 is 23.4 Å². The average molecular weight is 621 g/mol. The topological polar surface area (TPSA) is 155 Å². The molecule has 228 valence electrons. The van der Waals surface area contributed by atoms with Crippen molar-refractivity contribution in [2.75, 3.05) is 0 Å². The summed E-state index contributed by atoms with van der Waals surface area (Å²) < 4.78 is 37.0. The number of fused-ring (bicyclic) bond motifs is 1. The van der Waals surface area contributed by atoms with Crippen LogP contribution in [0.15, 0.2) is 96.4 Å². The van der Waals surface area contributed by atoms with Crippen molar-refractivity contribution in [3.8, 4) is 24.3 Å². The molecule has 12 nitrogen and oxygen atoms in total. The van der Waals surface area contributed by atoms with Crippen LogP contribution < -0.4 is 9.05 Å². The third-order valence-electron chi connectivity index (χ3n) is 6.95. The molecular weight excluding hydrogens is 591 g/mol. The van der Waals surface area contributed by atoms with Crippen LogP contribution in [0.5, 0.6) is 11.5 Å². The Morgan fingerprint density at radius 3 is 1.98 bits per heavy atom. The summed E-state index contributed by atoms with van der Waals surface area (Å²) in [6, 6.07) is 21.1. The van der Waals surface area contributed by atoms with E-state index >= 15 is 0 Å². The minimum atomic E-state index is -4.54. The van der Waals surface area contributed by atoms with E-state index in [2.05, 4.69) is 12.8 Å². The molecular formula is C31H29N2O10P. The number of carbonyl (C=O) groups is 2. The van der Waals surface area contributed by atoms with Gasteiger partial charge in [-0.15, -0.1) is 12.8 Å². The summed E-state index contributed by atoms with van der Waals surface area (Å²) in [5.41, 5.74) is 0.0469. The number of terminal acetylenes is 1. The van der Waals surface area contributed by atoms with Crippen LogP contribution in [-0.2, 0) is 30.0 Å². The van der Waals surface area contributed by atoms with E-state index in [9.17, 15) is 29.4 Å². The molecule has 13 heteroatoms. The van der Waals surface area contributed by atoms with Crippen LogP contribution in [0.1, 0.15) is 19.4 Å². The number of nitro benzene ring substituents is 1. The predicted octanol–water partition coefficient (Wildman–Crippen LogP) is 5.24. The molecule has 2 aliphatic rings. The highest BCUT2D eigenvalue weighted by Crippen LogP contribution is 2.57. The number of non-ortho nitro benzene ring substituents is 1. The van der Waals surface area contributed by atoms with E-state index in [1.54, 1.807) is 67.6 Å². The van der Waals surface area contributed by atoms with Gasteiger partial charge in [-0.3, -0.25) is 19.8 Å². The van der Waals surface area contributed by atoms with Gasteiger partial charge in [0.1, 0.15) is 23.9 Å². The van der Waals surface area contributed by atoms with E-state index in [0.717, 1.165) is 0 Å². The van der Waals surface area contributed by atoms with Crippen LogP contribution in [0.3, 0.4) is 0 Å². The predicted molar refractivity (Wildman–Crippen MR) is 158 cm³/mol. The maximum absolute atomic E-state index is 14.2. The van der Waals surface area contributed by atoms with Crippen LogP contribution in [0.25, 0.3) is 0 Å². The van der Waals surface area contributed by atoms with Gasteiger partial charge in [0.05, 0.1) is 23.0 Å². The number of rotatable bonds is 11. The second-order valence-corrected chi connectivity index (χ2v) is 11.3. The number of hydrogen-bond acceptors (Lipinski definition) is 10. The largest absolute Gasteiger partial charge is 0.646 e. The highest BCUT2D eigenvalue weighted by Gasteiger charge is 2.62. The standard InChI is InChI=1S/C29H27N2O10P.C2H2/c1-18-25-24(19(2)32)28(33)30(25)26(29(34)38-17-20-13-15-21(16-14-20)31(35)36)27(18)41-42(37,39-22-9-5-3-6-10-22)40-23-11-7-4-8-12-23;1-2/h3-16,18-19,24-25,32H,17H2,1-2H3;1-2H/t18-,19-,24-,25?;/m1./s1. The number of esters is 1. The lowest BCUT2D eigenvalue weighted by Crippen LogP contribution is -2.63. The summed E-state index contributed by atoms with van der Waals surface area (Å²) in [6.07, 6.45) is 6.98. The molecule has 0 bridgehead atoms. The van der Waals surface area contributed by atoms with Crippen molar-refractivity contribution < 1.29 is 42.5 Å². The van der Waals surface area contributed by atoms with Gasteiger partial charge in [0.2, 0.25) is 5.91 Å². The first-order chi connectivity index (χ1) is 21.1. The van der Waals surface area contributed by atoms with Crippen molar-refractivity contribution in [3.63, 3.8) is 0 Å². The number of β-lactam (4-membered cyclic amide) rings is 1. The molecule has 0 saturated carbocycles. The highest BCUT2D eigenvalue weighted by molar-refractivity contribution is 7.49. The van der Waals surface area contributed by atoms with Gasteiger partial charge in [-0.1, -0.05) is 43.3 Å². The lowest BCUT2D eigenvalue weighted by molar-refractivity contribution is -0.384. The molecule has 1 unspecified atom stereocenters. The SMILES string of the molecule is C#C.C[C@H]1C(OP(=O)(Oc2ccccc2)Oc2ccccc2)=C(C(=O)OCc2ccc([N+](=O)[O-])cc2)N2C(=O)[C@H]([C@@H](C)O)C12. The van der Waals surface area contributed by atoms with Gasteiger partial charge in [0.15, 0.2) is 5.70 Å². The summed E-state index contributed by atoms with van der Waals surface area (Å²) in [5, 5.41) is 21.2. The van der Waals surface area contributed by atoms with Gasteiger partial charge >= 0.3 is 13.8 Å². The number of phosphoric ester groups is 1. The normalized spacial score (nSPS) is 19.4. The van der Waals surface area contributed by atoms with Crippen LogP contribution >= 0.6 is 7.82 Å². The quantitative estimate of drug-likeness (QED) is 0.0752. The van der Waals surface area contributed by atoms with E-state index in [-0.39, 0.29) is 35.2 Å². The van der Waals surface area contributed by atoms with Crippen molar-refractivity contribution >= 4 is 25.4 Å². The Morgan fingerprint density at radius 1 is 0.977 bits per heavy atom. The van der Waals surface area contributed by atoms with Crippen LogP contribution in [0.2, 0.25) is 0 Å². The smallest absolute Gasteiger partial charge is 0.456 e. The monoisotopic (exact) mass is 620 g/mol. The van der Waals surface area contributed by atoms with Crippen LogP contribution in [-0.4, -0.2) is 39.0 Å². The molecule has 5 rings (SSSR count). The summed E-state index contributed by atoms with van der Waals surface area (Å²) in [5.74, 6) is -2.82. The summed E-state index contributed by atoms with van der Waals surface area (Å²) >= 11 is 0. The maximum atomic E-state index is 14.2. The number of phosphoric acid groups is 1. The number of aliphatic hydroxyl groups excluding tert-OH is 1. The van der Waals surface area contributed by atoms with Crippen LogP contribution in [0.4, 0.5) is 5.69 Å². The maximum Gasteiger partial charge on any atom is 0.646 e. The van der Waals surface area contributed by atoms with Gasteiger partial charge in [-0.2, -0.15) is 4.57 Å². The molecule has 1 amide bonds. The zero-order chi connectivity index (χ0) is 32.0. The van der Waals surface area contributed by atoms with Gasteiger partial charge in [-0.05, 0) is 48.9 Å². The van der Waals surface area contributed by atoms with Crippen LogP contribution in [0, 0.1) is 34.8 Å². The molecule has 1 saturated heterocycles. The Labute approximate surface area is 253 Å². The second-order valence-electron chi connectivity index (χ2n) is 9.81. The van der Waals surface area contributed by atoms with Gasteiger partial charge in [-0.25, -0.2) is 4.79 Å². The lowest BCUT2D eigenvalue weighted by Gasteiger charge is -2.46. The van der Waals surface area contributed by atoms with E-state index in [4.69, 9.17) is 18.3 Å². The molecule has 3 aromatic carbocycles. The highest BCUT2D eigenvalue weighted by atomic mass is 31.2. The number of aliphatic hydroxyl groups is 1. The molecule has 1 N–H and O–H groups in total. The Hall–Kier alpha value is -5.11. The van der Waals surface area contributed by atoms with Crippen molar-refractivity contribution in [2.45, 2.75) is 32.6 Å². The first kappa shape index (κ1) is 31.8. The molecule has 0 aromatic heterocycles. The molecule has 1 fully saturated rings. The fourth-order valence-electron chi connectivity index (χ4n) is 4.96. The fourth-order valence-corrected chi connectivity index (χ4v) is 6.33. The minimum Gasteiger partial charge on any atom is -0.456 e. The van der Waals surface area contributed by atoms with E-state index < -0.39 is 48.6 Å². The number of hydrogen-bond donors (Lipinski definition) is 1. The number of ether oxygens (including phenoxy) is 1. The first-order valence-electron chi connectivity index (χ1n) is 13.4. The van der Waals surface area contributed by atoms with Crippen molar-refractivity contribution in [1.29, 1.82) is 0 Å². The molecule has 4 atom stereocenters. The summed E-state index contributed by atoms with van der Waals surface area (Å²) in [7, 11) is -4.54. The summed E-state index contributed by atoms with van der Waals surface area (Å²) in [6.45, 7) is 2.87. The Kier molecular flexibility index (Phi) is 9.73. The number of amides is 1. The number of nitrogens with zero attached hydrogens (tertiary/aromatic N) is 2. The number of para-hydroxylation sites is 2.